The summed E-state index contributed by atoms with van der Waals surface area (Å²) in [4.78, 5) is 12.0. The van der Waals surface area contributed by atoms with Gasteiger partial charge in [0.05, 0.1) is 18.7 Å². The van der Waals surface area contributed by atoms with Gasteiger partial charge in [0.15, 0.2) is 0 Å². The highest BCUT2D eigenvalue weighted by atomic mass is 19.1. The van der Waals surface area contributed by atoms with E-state index in [1.165, 1.54) is 25.3 Å². The van der Waals surface area contributed by atoms with E-state index >= 15 is 0 Å². The summed E-state index contributed by atoms with van der Waals surface area (Å²) in [5.41, 5.74) is 5.71. The summed E-state index contributed by atoms with van der Waals surface area (Å²) < 4.78 is 18.6. The molecule has 19 heavy (non-hydrogen) atoms. The molecule has 0 spiro atoms. The number of carbonyl (C=O) groups excluding carboxylic acids is 1. The number of rotatable bonds is 6. The molecule has 0 aromatic heterocycles. The van der Waals surface area contributed by atoms with Crippen molar-refractivity contribution >= 4 is 11.6 Å². The van der Waals surface area contributed by atoms with Gasteiger partial charge in [0.2, 0.25) is 5.91 Å². The third-order valence-electron chi connectivity index (χ3n) is 2.84. The van der Waals surface area contributed by atoms with Gasteiger partial charge in [-0.15, -0.1) is 0 Å². The van der Waals surface area contributed by atoms with Crippen molar-refractivity contribution in [1.82, 2.24) is 0 Å². The number of nitrogens with two attached hydrogens (primary N) is 1. The average Bonchev–Trinajstić information content (AvgIpc) is 2.38. The Bertz CT molecular complexity index is 435. The number of amides is 1. The van der Waals surface area contributed by atoms with Crippen LogP contribution < -0.4 is 15.8 Å². The van der Waals surface area contributed by atoms with E-state index in [1.54, 1.807) is 0 Å². The molecule has 0 aliphatic heterocycles. The highest BCUT2D eigenvalue weighted by molar-refractivity contribution is 5.93. The van der Waals surface area contributed by atoms with Crippen LogP contribution >= 0.6 is 0 Å². The van der Waals surface area contributed by atoms with Crippen LogP contribution in [0.5, 0.6) is 5.75 Å². The molecule has 1 rings (SSSR count). The fourth-order valence-corrected chi connectivity index (χ4v) is 1.84. The molecule has 4 nitrogen and oxygen atoms in total. The molecule has 1 aromatic rings. The topological polar surface area (TPSA) is 64.3 Å². The summed E-state index contributed by atoms with van der Waals surface area (Å²) in [6.45, 7) is 4.28. The molecule has 1 atom stereocenters. The van der Waals surface area contributed by atoms with Crippen molar-refractivity contribution in [3.05, 3.63) is 24.0 Å². The molecule has 0 aliphatic rings. The second-order valence-corrected chi connectivity index (χ2v) is 4.90. The smallest absolute Gasteiger partial charge is 0.228 e. The van der Waals surface area contributed by atoms with Crippen LogP contribution in [0.15, 0.2) is 18.2 Å². The summed E-state index contributed by atoms with van der Waals surface area (Å²) in [6.07, 6.45) is 0.675. The Kier molecular flexibility index (Phi) is 5.76. The number of hydrogen-bond acceptors (Lipinski definition) is 3. The lowest BCUT2D eigenvalue weighted by atomic mass is 9.96. The van der Waals surface area contributed by atoms with E-state index in [1.807, 2.05) is 13.8 Å². The van der Waals surface area contributed by atoms with Gasteiger partial charge in [-0.2, -0.15) is 0 Å². The maximum absolute atomic E-state index is 13.6. The van der Waals surface area contributed by atoms with Crippen LogP contribution in [-0.4, -0.2) is 19.6 Å². The normalized spacial score (nSPS) is 12.3. The van der Waals surface area contributed by atoms with E-state index in [2.05, 4.69) is 5.32 Å². The third kappa shape index (κ3) is 4.52. The van der Waals surface area contributed by atoms with E-state index in [9.17, 15) is 9.18 Å². The lowest BCUT2D eigenvalue weighted by molar-refractivity contribution is -0.120. The number of carbonyl (C=O) groups is 1. The average molecular weight is 268 g/mol. The van der Waals surface area contributed by atoms with Crippen molar-refractivity contribution in [2.24, 2.45) is 17.6 Å². The Morgan fingerprint density at radius 3 is 2.68 bits per heavy atom. The highest BCUT2D eigenvalue weighted by Gasteiger charge is 2.19. The minimum atomic E-state index is -0.491. The van der Waals surface area contributed by atoms with Crippen LogP contribution in [0.4, 0.5) is 10.1 Å². The Morgan fingerprint density at radius 2 is 2.16 bits per heavy atom. The Hall–Kier alpha value is -1.62. The van der Waals surface area contributed by atoms with Gasteiger partial charge in [-0.1, -0.05) is 13.8 Å². The molecule has 0 bridgehead atoms. The van der Waals surface area contributed by atoms with Crippen molar-refractivity contribution in [3.63, 3.8) is 0 Å². The quantitative estimate of drug-likeness (QED) is 0.832. The predicted octanol–water partition coefficient (Wildman–Crippen LogP) is 2.39. The number of anilines is 1. The van der Waals surface area contributed by atoms with Gasteiger partial charge in [-0.25, -0.2) is 4.39 Å². The largest absolute Gasteiger partial charge is 0.497 e. The number of methoxy groups -OCH3 is 1. The Balaban J connectivity index is 2.80. The van der Waals surface area contributed by atoms with Crippen LogP contribution in [0.1, 0.15) is 20.3 Å². The summed E-state index contributed by atoms with van der Waals surface area (Å²) in [5.74, 6) is -0.220. The standard InChI is InChI=1S/C14H21FN2O2/c1-9(2)6-10(8-16)14(18)17-13-7-11(19-3)4-5-12(13)15/h4-5,7,9-10H,6,8,16H2,1-3H3,(H,17,18). The van der Waals surface area contributed by atoms with Gasteiger partial charge in [-0.05, 0) is 24.5 Å². The van der Waals surface area contributed by atoms with Gasteiger partial charge >= 0.3 is 0 Å². The summed E-state index contributed by atoms with van der Waals surface area (Å²) >= 11 is 0. The molecule has 0 saturated carbocycles. The van der Waals surface area contributed by atoms with E-state index < -0.39 is 5.82 Å². The SMILES string of the molecule is COc1ccc(F)c(NC(=O)C(CN)CC(C)C)c1. The second-order valence-electron chi connectivity index (χ2n) is 4.90. The summed E-state index contributed by atoms with van der Waals surface area (Å²) in [7, 11) is 1.49. The van der Waals surface area contributed by atoms with Gasteiger partial charge in [-0.3, -0.25) is 4.79 Å². The van der Waals surface area contributed by atoms with Gasteiger partial charge in [0.1, 0.15) is 11.6 Å². The second kappa shape index (κ2) is 7.09. The van der Waals surface area contributed by atoms with Crippen molar-refractivity contribution in [2.75, 3.05) is 19.0 Å². The maximum Gasteiger partial charge on any atom is 0.228 e. The minimum Gasteiger partial charge on any atom is -0.497 e. The Morgan fingerprint density at radius 1 is 1.47 bits per heavy atom. The third-order valence-corrected chi connectivity index (χ3v) is 2.84. The molecule has 1 amide bonds. The molecular weight excluding hydrogens is 247 g/mol. The van der Waals surface area contributed by atoms with Crippen LogP contribution in [0, 0.1) is 17.7 Å². The zero-order valence-electron chi connectivity index (χ0n) is 11.6. The maximum atomic E-state index is 13.6. The van der Waals surface area contributed by atoms with Crippen LogP contribution in [0.2, 0.25) is 0 Å². The van der Waals surface area contributed by atoms with Crippen LogP contribution in [0.25, 0.3) is 0 Å². The molecule has 106 valence electrons. The predicted molar refractivity (Wildman–Crippen MR) is 73.6 cm³/mol. The van der Waals surface area contributed by atoms with Crippen LogP contribution in [-0.2, 0) is 4.79 Å². The molecule has 0 fully saturated rings. The molecule has 1 unspecified atom stereocenters. The number of benzene rings is 1. The molecule has 0 heterocycles. The van der Waals surface area contributed by atoms with Gasteiger partial charge < -0.3 is 15.8 Å². The highest BCUT2D eigenvalue weighted by Crippen LogP contribution is 2.22. The first-order chi connectivity index (χ1) is 8.97. The molecular formula is C14H21FN2O2. The van der Waals surface area contributed by atoms with E-state index in [4.69, 9.17) is 10.5 Å². The van der Waals surface area contributed by atoms with Crippen LogP contribution in [0.3, 0.4) is 0 Å². The van der Waals surface area contributed by atoms with Gasteiger partial charge in [0.25, 0.3) is 0 Å². The van der Waals surface area contributed by atoms with E-state index in [0.717, 1.165) is 0 Å². The van der Waals surface area contributed by atoms with E-state index in [-0.39, 0.29) is 24.1 Å². The number of halogens is 1. The molecule has 0 radical (unpaired) electrons. The molecule has 1 aromatic carbocycles. The van der Waals surface area contributed by atoms with Crippen molar-refractivity contribution in [3.8, 4) is 5.75 Å². The fourth-order valence-electron chi connectivity index (χ4n) is 1.84. The first-order valence-corrected chi connectivity index (χ1v) is 6.32. The Labute approximate surface area is 113 Å². The zero-order chi connectivity index (χ0) is 14.4. The molecule has 0 aliphatic carbocycles. The lowest BCUT2D eigenvalue weighted by Crippen LogP contribution is -2.30. The van der Waals surface area contributed by atoms with Crippen molar-refractivity contribution in [1.29, 1.82) is 0 Å². The molecule has 3 N–H and O–H groups in total. The minimum absolute atomic E-state index is 0.117. The zero-order valence-corrected chi connectivity index (χ0v) is 11.6. The molecule has 0 saturated heterocycles. The fraction of sp³-hybridized carbons (Fsp3) is 0.500. The summed E-state index contributed by atoms with van der Waals surface area (Å²) in [6, 6.07) is 4.21. The summed E-state index contributed by atoms with van der Waals surface area (Å²) in [5, 5.41) is 2.57. The number of ether oxygens (including phenoxy) is 1. The number of nitrogens with one attached hydrogen (secondary N) is 1. The van der Waals surface area contributed by atoms with Crippen molar-refractivity contribution < 1.29 is 13.9 Å². The molecule has 5 heteroatoms. The number of hydrogen-bond donors (Lipinski definition) is 2. The lowest BCUT2D eigenvalue weighted by Gasteiger charge is -2.17. The van der Waals surface area contributed by atoms with E-state index in [0.29, 0.717) is 18.1 Å². The van der Waals surface area contributed by atoms with Crippen molar-refractivity contribution in [2.45, 2.75) is 20.3 Å². The first-order valence-electron chi connectivity index (χ1n) is 6.32. The monoisotopic (exact) mass is 268 g/mol. The first kappa shape index (κ1) is 15.4. The van der Waals surface area contributed by atoms with Gasteiger partial charge in [0, 0.05) is 12.6 Å².